The Morgan fingerprint density at radius 1 is 1.24 bits per heavy atom. The minimum atomic E-state index is -3.22. The van der Waals surface area contributed by atoms with E-state index in [4.69, 9.17) is 9.47 Å². The first-order valence-electron chi connectivity index (χ1n) is 10.9. The molecule has 3 aromatic rings. The highest BCUT2D eigenvalue weighted by Gasteiger charge is 2.32. The number of halogens is 3. The van der Waals surface area contributed by atoms with E-state index >= 15 is 4.39 Å². The van der Waals surface area contributed by atoms with Gasteiger partial charge in [-0.1, -0.05) is 6.92 Å². The molecule has 2 aliphatic carbocycles. The first-order chi connectivity index (χ1) is 15.8. The molecular weight excluding hydrogens is 455 g/mol. The van der Waals surface area contributed by atoms with Crippen molar-refractivity contribution in [3.63, 3.8) is 0 Å². The summed E-state index contributed by atoms with van der Waals surface area (Å²) in [4.78, 5) is 26.8. The molecule has 1 fully saturated rings. The number of esters is 1. The number of ether oxygens (including phenoxy) is 2. The van der Waals surface area contributed by atoms with E-state index in [1.54, 1.807) is 4.57 Å². The largest absolute Gasteiger partial charge is 0.465 e. The van der Waals surface area contributed by atoms with Gasteiger partial charge in [-0.2, -0.15) is 8.78 Å². The molecule has 9 heteroatoms. The number of fused-ring (bicyclic) bond motifs is 2. The maximum Gasteiger partial charge on any atom is 0.387 e. The molecule has 0 amide bonds. The summed E-state index contributed by atoms with van der Waals surface area (Å²) >= 11 is 1.38. The van der Waals surface area contributed by atoms with Crippen molar-refractivity contribution in [2.24, 2.45) is 0 Å². The lowest BCUT2D eigenvalue weighted by Crippen LogP contribution is -2.21. The van der Waals surface area contributed by atoms with Gasteiger partial charge in [0.2, 0.25) is 5.43 Å². The summed E-state index contributed by atoms with van der Waals surface area (Å²) < 4.78 is 53.9. The zero-order valence-corrected chi connectivity index (χ0v) is 18.9. The highest BCUT2D eigenvalue weighted by Crippen LogP contribution is 2.48. The van der Waals surface area contributed by atoms with Crippen LogP contribution in [0.15, 0.2) is 23.1 Å². The Balaban J connectivity index is 1.84. The molecule has 0 spiro atoms. The third-order valence-electron chi connectivity index (χ3n) is 6.39. The number of benzene rings is 1. The average Bonchev–Trinajstić information content (AvgIpc) is 3.52. The fourth-order valence-electron chi connectivity index (χ4n) is 4.69. The van der Waals surface area contributed by atoms with Gasteiger partial charge in [0, 0.05) is 22.0 Å². The first-order valence-corrected chi connectivity index (χ1v) is 11.7. The van der Waals surface area contributed by atoms with Crippen LogP contribution < -0.4 is 10.2 Å². The van der Waals surface area contributed by atoms with Crippen LogP contribution in [0.3, 0.4) is 0 Å². The normalized spacial score (nSPS) is 17.9. The topological polar surface area (TPSA) is 57.5 Å². The van der Waals surface area contributed by atoms with Crippen molar-refractivity contribution in [1.82, 2.24) is 4.57 Å². The van der Waals surface area contributed by atoms with Crippen molar-refractivity contribution < 1.29 is 27.4 Å². The quantitative estimate of drug-likeness (QED) is 0.421. The Morgan fingerprint density at radius 2 is 2.00 bits per heavy atom. The number of aromatic nitrogens is 1. The van der Waals surface area contributed by atoms with Gasteiger partial charge in [-0.3, -0.25) is 4.79 Å². The van der Waals surface area contributed by atoms with Gasteiger partial charge in [0.05, 0.1) is 23.6 Å². The Hall–Kier alpha value is -2.81. The summed E-state index contributed by atoms with van der Waals surface area (Å²) in [6, 6.07) is 2.77. The highest BCUT2D eigenvalue weighted by atomic mass is 32.1. The number of rotatable bonds is 5. The predicted molar refractivity (Wildman–Crippen MR) is 119 cm³/mol. The van der Waals surface area contributed by atoms with Crippen LogP contribution in [0.5, 0.6) is 5.75 Å². The van der Waals surface area contributed by atoms with Crippen molar-refractivity contribution in [3.05, 3.63) is 50.4 Å². The lowest BCUT2D eigenvalue weighted by atomic mass is 9.90. The van der Waals surface area contributed by atoms with Gasteiger partial charge >= 0.3 is 12.6 Å². The van der Waals surface area contributed by atoms with Crippen LogP contribution in [-0.2, 0) is 11.2 Å². The summed E-state index contributed by atoms with van der Waals surface area (Å²) in [5.41, 5.74) is 0.0435. The third-order valence-corrected chi connectivity index (χ3v) is 7.82. The van der Waals surface area contributed by atoms with Crippen molar-refractivity contribution in [3.8, 4) is 16.2 Å². The van der Waals surface area contributed by atoms with Crippen LogP contribution in [0.2, 0.25) is 0 Å². The monoisotopic (exact) mass is 477 g/mol. The molecule has 0 aliphatic heterocycles. The second kappa shape index (κ2) is 8.20. The molecule has 2 aliphatic rings. The highest BCUT2D eigenvalue weighted by molar-refractivity contribution is 7.15. The van der Waals surface area contributed by atoms with Crippen molar-refractivity contribution >= 4 is 28.2 Å². The van der Waals surface area contributed by atoms with Crippen LogP contribution in [0.25, 0.3) is 21.3 Å². The van der Waals surface area contributed by atoms with E-state index in [0.29, 0.717) is 10.8 Å². The zero-order chi connectivity index (χ0) is 23.4. The van der Waals surface area contributed by atoms with Gasteiger partial charge in [0.15, 0.2) is 5.75 Å². The second-order valence-electron chi connectivity index (χ2n) is 8.63. The molecule has 1 atom stereocenters. The minimum Gasteiger partial charge on any atom is -0.465 e. The number of alkyl halides is 2. The Kier molecular flexibility index (Phi) is 5.47. The maximum atomic E-state index is 15.5. The molecule has 0 saturated heterocycles. The van der Waals surface area contributed by atoms with Crippen molar-refractivity contribution in [2.75, 3.05) is 7.11 Å². The van der Waals surface area contributed by atoms with Crippen molar-refractivity contribution in [1.29, 1.82) is 0 Å². The van der Waals surface area contributed by atoms with Crippen LogP contribution >= 0.6 is 11.3 Å². The van der Waals surface area contributed by atoms with Gasteiger partial charge < -0.3 is 14.0 Å². The van der Waals surface area contributed by atoms with E-state index in [9.17, 15) is 18.4 Å². The maximum absolute atomic E-state index is 15.5. The number of carbonyl (C=O) groups excluding carboxylic acids is 1. The van der Waals surface area contributed by atoms with Crippen LogP contribution in [0, 0.1) is 5.82 Å². The van der Waals surface area contributed by atoms with Gasteiger partial charge in [0.1, 0.15) is 11.4 Å². The van der Waals surface area contributed by atoms with E-state index in [1.165, 1.54) is 17.5 Å². The molecule has 33 heavy (non-hydrogen) atoms. The summed E-state index contributed by atoms with van der Waals surface area (Å²) in [6.07, 6.45) is 5.68. The molecule has 0 N–H and O–H groups in total. The Labute approximate surface area is 191 Å². The standard InChI is InChI=1S/C24H22F3NO4S/c1-11-4-3-5-12-8-17(33-22(11)12)18-16(25)9-14-19(21(18)32-24(26)27)28(13-6-7-13)10-15(20(14)29)23(30)31-2/h8-11,13,24H,3-7H2,1-2H3. The lowest BCUT2D eigenvalue weighted by molar-refractivity contribution is -0.0487. The van der Waals surface area contributed by atoms with Gasteiger partial charge in [-0.05, 0) is 55.7 Å². The molecule has 5 nitrogen and oxygen atoms in total. The number of thiophene rings is 1. The van der Waals surface area contributed by atoms with E-state index in [-0.39, 0.29) is 33.8 Å². The molecule has 5 rings (SSSR count). The number of carbonyl (C=O) groups is 1. The second-order valence-corrected chi connectivity index (χ2v) is 9.72. The zero-order valence-electron chi connectivity index (χ0n) is 18.1. The molecule has 2 aromatic heterocycles. The minimum absolute atomic E-state index is 0.0750. The SMILES string of the molecule is COC(=O)c1cn(C2CC2)c2c(OC(F)F)c(-c3cc4c(s3)C(C)CCC4)c(F)cc2c1=O. The van der Waals surface area contributed by atoms with Crippen LogP contribution in [-0.4, -0.2) is 24.3 Å². The van der Waals surface area contributed by atoms with Crippen LogP contribution in [0.4, 0.5) is 13.2 Å². The molecule has 2 heterocycles. The number of methoxy groups -OCH3 is 1. The predicted octanol–water partition coefficient (Wildman–Crippen LogP) is 6.03. The number of aryl methyl sites for hydroxylation is 1. The number of nitrogens with zero attached hydrogens (tertiary/aromatic N) is 1. The summed E-state index contributed by atoms with van der Waals surface area (Å²) in [6.45, 7) is -1.12. The number of pyridine rings is 1. The number of hydrogen-bond acceptors (Lipinski definition) is 5. The van der Waals surface area contributed by atoms with E-state index in [1.807, 2.05) is 6.07 Å². The molecular formula is C24H22F3NO4S. The fraction of sp³-hybridized carbons (Fsp3) is 0.417. The summed E-state index contributed by atoms with van der Waals surface area (Å²) in [7, 11) is 1.14. The Bertz CT molecular complexity index is 1330. The van der Waals surface area contributed by atoms with Crippen molar-refractivity contribution in [2.45, 2.75) is 57.6 Å². The summed E-state index contributed by atoms with van der Waals surface area (Å²) in [5, 5.41) is -0.184. The first kappa shape index (κ1) is 22.0. The molecule has 0 bridgehead atoms. The van der Waals surface area contributed by atoms with Crippen LogP contribution in [0.1, 0.15) is 65.4 Å². The van der Waals surface area contributed by atoms with E-state index in [0.717, 1.165) is 55.7 Å². The third kappa shape index (κ3) is 3.72. The van der Waals surface area contributed by atoms with Gasteiger partial charge in [-0.15, -0.1) is 11.3 Å². The number of hydrogen-bond donors (Lipinski definition) is 0. The Morgan fingerprint density at radius 3 is 2.64 bits per heavy atom. The molecule has 174 valence electrons. The fourth-order valence-corrected chi connectivity index (χ4v) is 6.03. The van der Waals surface area contributed by atoms with Gasteiger partial charge in [0.25, 0.3) is 0 Å². The molecule has 1 unspecified atom stereocenters. The smallest absolute Gasteiger partial charge is 0.387 e. The lowest BCUT2D eigenvalue weighted by Gasteiger charge is -2.19. The van der Waals surface area contributed by atoms with Gasteiger partial charge in [-0.25, -0.2) is 9.18 Å². The molecule has 0 radical (unpaired) electrons. The summed E-state index contributed by atoms with van der Waals surface area (Å²) in [5.74, 6) is -1.77. The molecule has 1 saturated carbocycles. The van der Waals surface area contributed by atoms with E-state index < -0.39 is 23.8 Å². The molecule has 1 aromatic carbocycles. The average molecular weight is 478 g/mol. The van der Waals surface area contributed by atoms with E-state index in [2.05, 4.69) is 6.92 Å².